The molecule has 0 aliphatic heterocycles. The van der Waals surface area contributed by atoms with Crippen molar-refractivity contribution in [1.29, 1.82) is 0 Å². The van der Waals surface area contributed by atoms with Gasteiger partial charge in [0.2, 0.25) is 0 Å². The first-order valence-corrected chi connectivity index (χ1v) is 9.53. The van der Waals surface area contributed by atoms with Crippen molar-refractivity contribution in [3.8, 4) is 11.1 Å². The second-order valence-corrected chi connectivity index (χ2v) is 8.00. The van der Waals surface area contributed by atoms with Crippen LogP contribution in [0.4, 0.5) is 0 Å². The fourth-order valence-electron chi connectivity index (χ4n) is 2.99. The normalized spacial score (nSPS) is 11.1. The van der Waals surface area contributed by atoms with Crippen LogP contribution in [0.2, 0.25) is 0 Å². The van der Waals surface area contributed by atoms with Crippen LogP contribution in [-0.4, -0.2) is 9.55 Å². The number of hydrogen-bond acceptors (Lipinski definition) is 3. The molecule has 5 heteroatoms. The van der Waals surface area contributed by atoms with Crippen LogP contribution in [0.3, 0.4) is 0 Å². The summed E-state index contributed by atoms with van der Waals surface area (Å²) in [6, 6.07) is 18.0. The molecule has 2 heterocycles. The maximum atomic E-state index is 13.1. The molecule has 0 saturated carbocycles. The predicted octanol–water partition coefficient (Wildman–Crippen LogP) is 5.24. The molecule has 124 valence electrons. The highest BCUT2D eigenvalue weighted by Gasteiger charge is 2.16. The van der Waals surface area contributed by atoms with Crippen molar-refractivity contribution >= 4 is 37.5 Å². The average molecular weight is 411 g/mol. The number of hydrogen-bond donors (Lipinski definition) is 0. The Bertz CT molecular complexity index is 1100. The number of aryl methyl sites for hydroxylation is 1. The van der Waals surface area contributed by atoms with E-state index in [2.05, 4.69) is 20.9 Å². The Morgan fingerprint density at radius 2 is 1.80 bits per heavy atom. The Labute approximate surface area is 157 Å². The molecule has 4 aromatic rings. The first-order valence-electron chi connectivity index (χ1n) is 7.92. The standard InChI is InChI=1S/C20H15BrN2OS/c1-13-17(15-7-9-16(21)10-8-15)18-19(25-13)22-12-23(20(18)24)11-14-5-3-2-4-6-14/h2-10,12H,11H2,1H3. The van der Waals surface area contributed by atoms with Crippen molar-refractivity contribution in [3.63, 3.8) is 0 Å². The van der Waals surface area contributed by atoms with Gasteiger partial charge in [-0.1, -0.05) is 58.4 Å². The Hall–Kier alpha value is -2.24. The van der Waals surface area contributed by atoms with Gasteiger partial charge < -0.3 is 0 Å². The van der Waals surface area contributed by atoms with Gasteiger partial charge in [-0.25, -0.2) is 4.98 Å². The van der Waals surface area contributed by atoms with Gasteiger partial charge in [-0.2, -0.15) is 0 Å². The van der Waals surface area contributed by atoms with E-state index in [1.807, 2.05) is 61.5 Å². The smallest absolute Gasteiger partial charge is 0.263 e. The molecule has 0 unspecified atom stereocenters. The summed E-state index contributed by atoms with van der Waals surface area (Å²) in [5.74, 6) is 0. The van der Waals surface area contributed by atoms with Crippen LogP contribution in [0.1, 0.15) is 10.4 Å². The van der Waals surface area contributed by atoms with E-state index in [1.165, 1.54) is 0 Å². The van der Waals surface area contributed by atoms with Crippen molar-refractivity contribution in [2.45, 2.75) is 13.5 Å². The van der Waals surface area contributed by atoms with E-state index < -0.39 is 0 Å². The molecular weight excluding hydrogens is 396 g/mol. The van der Waals surface area contributed by atoms with E-state index in [-0.39, 0.29) is 5.56 Å². The number of rotatable bonds is 3. The van der Waals surface area contributed by atoms with Gasteiger partial charge in [0, 0.05) is 14.9 Å². The fourth-order valence-corrected chi connectivity index (χ4v) is 4.26. The van der Waals surface area contributed by atoms with Crippen LogP contribution in [-0.2, 0) is 6.54 Å². The van der Waals surface area contributed by atoms with Crippen molar-refractivity contribution < 1.29 is 0 Å². The van der Waals surface area contributed by atoms with Gasteiger partial charge in [-0.15, -0.1) is 11.3 Å². The molecule has 0 N–H and O–H groups in total. The number of fused-ring (bicyclic) bond motifs is 1. The Morgan fingerprint density at radius 3 is 2.52 bits per heavy atom. The predicted molar refractivity (Wildman–Crippen MR) is 107 cm³/mol. The number of aromatic nitrogens is 2. The summed E-state index contributed by atoms with van der Waals surface area (Å²) < 4.78 is 2.71. The zero-order chi connectivity index (χ0) is 17.4. The SMILES string of the molecule is Cc1sc2ncn(Cc3ccccc3)c(=O)c2c1-c1ccc(Br)cc1. The fraction of sp³-hybridized carbons (Fsp3) is 0.100. The van der Waals surface area contributed by atoms with E-state index in [0.29, 0.717) is 11.9 Å². The van der Waals surface area contributed by atoms with Gasteiger partial charge in [0.05, 0.1) is 18.3 Å². The Kier molecular flexibility index (Phi) is 4.27. The highest BCUT2D eigenvalue weighted by molar-refractivity contribution is 9.10. The van der Waals surface area contributed by atoms with Gasteiger partial charge in [-0.05, 0) is 30.2 Å². The Morgan fingerprint density at radius 1 is 1.08 bits per heavy atom. The van der Waals surface area contributed by atoms with Crippen LogP contribution in [0.5, 0.6) is 0 Å². The zero-order valence-corrected chi connectivity index (χ0v) is 16.0. The van der Waals surface area contributed by atoms with Crippen LogP contribution in [0.15, 0.2) is 70.2 Å². The highest BCUT2D eigenvalue weighted by atomic mass is 79.9. The third-order valence-corrected chi connectivity index (χ3v) is 5.73. The van der Waals surface area contributed by atoms with Gasteiger partial charge in [-0.3, -0.25) is 9.36 Å². The summed E-state index contributed by atoms with van der Waals surface area (Å²) in [5, 5.41) is 0.711. The van der Waals surface area contributed by atoms with Crippen molar-refractivity contribution in [1.82, 2.24) is 9.55 Å². The summed E-state index contributed by atoms with van der Waals surface area (Å²) in [5.41, 5.74) is 3.13. The van der Waals surface area contributed by atoms with Crippen molar-refractivity contribution in [2.24, 2.45) is 0 Å². The first kappa shape index (κ1) is 16.2. The molecule has 3 nitrogen and oxygen atoms in total. The Balaban J connectivity index is 1.89. The van der Waals surface area contributed by atoms with Crippen molar-refractivity contribution in [3.05, 3.63) is 86.2 Å². The lowest BCUT2D eigenvalue weighted by atomic mass is 10.0. The van der Waals surface area contributed by atoms with Crippen LogP contribution in [0.25, 0.3) is 21.3 Å². The largest absolute Gasteiger partial charge is 0.294 e. The average Bonchev–Trinajstić information content (AvgIpc) is 2.96. The molecular formula is C20H15BrN2OS. The third-order valence-electron chi connectivity index (χ3n) is 4.18. The van der Waals surface area contributed by atoms with E-state index >= 15 is 0 Å². The molecule has 0 saturated heterocycles. The minimum Gasteiger partial charge on any atom is -0.294 e. The molecule has 0 bridgehead atoms. The van der Waals surface area contributed by atoms with Crippen LogP contribution >= 0.6 is 27.3 Å². The lowest BCUT2D eigenvalue weighted by molar-refractivity contribution is 0.749. The van der Waals surface area contributed by atoms with Gasteiger partial charge in [0.15, 0.2) is 0 Å². The molecule has 2 aromatic heterocycles. The van der Waals surface area contributed by atoms with Gasteiger partial charge in [0.25, 0.3) is 5.56 Å². The monoisotopic (exact) mass is 410 g/mol. The first-order chi connectivity index (χ1) is 12.1. The molecule has 0 fully saturated rings. The minimum atomic E-state index is 0.0103. The number of halogens is 1. The minimum absolute atomic E-state index is 0.0103. The molecule has 25 heavy (non-hydrogen) atoms. The number of nitrogens with zero attached hydrogens (tertiary/aromatic N) is 2. The van der Waals surface area contributed by atoms with Crippen LogP contribution in [0, 0.1) is 6.92 Å². The van der Waals surface area contributed by atoms with E-state index in [4.69, 9.17) is 0 Å². The summed E-state index contributed by atoms with van der Waals surface area (Å²) in [6.45, 7) is 2.57. The van der Waals surface area contributed by atoms with E-state index in [1.54, 1.807) is 22.2 Å². The highest BCUT2D eigenvalue weighted by Crippen LogP contribution is 2.35. The maximum absolute atomic E-state index is 13.1. The second kappa shape index (κ2) is 6.58. The molecule has 0 atom stereocenters. The van der Waals surface area contributed by atoms with E-state index in [0.717, 1.165) is 30.9 Å². The summed E-state index contributed by atoms with van der Waals surface area (Å²) in [7, 11) is 0. The molecule has 0 spiro atoms. The lowest BCUT2D eigenvalue weighted by Crippen LogP contribution is -2.21. The summed E-state index contributed by atoms with van der Waals surface area (Å²) >= 11 is 5.04. The van der Waals surface area contributed by atoms with E-state index in [9.17, 15) is 4.79 Å². The number of benzene rings is 2. The second-order valence-electron chi connectivity index (χ2n) is 5.88. The third kappa shape index (κ3) is 3.05. The molecule has 0 aliphatic carbocycles. The summed E-state index contributed by atoms with van der Waals surface area (Å²) in [6.07, 6.45) is 1.65. The molecule has 0 amide bonds. The zero-order valence-electron chi connectivity index (χ0n) is 13.6. The van der Waals surface area contributed by atoms with Gasteiger partial charge >= 0.3 is 0 Å². The molecule has 0 radical (unpaired) electrons. The van der Waals surface area contributed by atoms with Crippen molar-refractivity contribution in [2.75, 3.05) is 0 Å². The van der Waals surface area contributed by atoms with Crippen LogP contribution < -0.4 is 5.56 Å². The lowest BCUT2D eigenvalue weighted by Gasteiger charge is -2.07. The topological polar surface area (TPSA) is 34.9 Å². The molecule has 4 rings (SSSR count). The molecule has 0 aliphatic rings. The maximum Gasteiger partial charge on any atom is 0.263 e. The summed E-state index contributed by atoms with van der Waals surface area (Å²) in [4.78, 5) is 19.6. The quantitative estimate of drug-likeness (QED) is 0.462. The van der Waals surface area contributed by atoms with Gasteiger partial charge in [0.1, 0.15) is 4.83 Å². The number of thiophene rings is 1. The molecule has 2 aromatic carbocycles.